The zero-order chi connectivity index (χ0) is 28.7. The lowest BCUT2D eigenvalue weighted by Gasteiger charge is -2.36. The molecule has 10 heteroatoms. The minimum Gasteiger partial charge on any atom is -0.494 e. The summed E-state index contributed by atoms with van der Waals surface area (Å²) in [6, 6.07) is 12.9. The van der Waals surface area contributed by atoms with Gasteiger partial charge in [0.15, 0.2) is 0 Å². The first kappa shape index (κ1) is 28.4. The Kier molecular flexibility index (Phi) is 7.83. The van der Waals surface area contributed by atoms with Crippen LogP contribution in [0.3, 0.4) is 0 Å². The van der Waals surface area contributed by atoms with Crippen LogP contribution in [0.5, 0.6) is 5.75 Å². The van der Waals surface area contributed by atoms with Gasteiger partial charge < -0.3 is 30.1 Å². The van der Waals surface area contributed by atoms with E-state index in [2.05, 4.69) is 10.6 Å². The number of benzene rings is 2. The number of nitrogens with zero attached hydrogens (tertiary/aromatic N) is 1. The van der Waals surface area contributed by atoms with E-state index in [1.807, 2.05) is 20.8 Å². The van der Waals surface area contributed by atoms with Crippen molar-refractivity contribution in [2.75, 3.05) is 30.4 Å². The highest BCUT2D eigenvalue weighted by atomic mass is 35.5. The molecule has 5 rings (SSSR count). The van der Waals surface area contributed by atoms with Crippen LogP contribution in [0.2, 0.25) is 5.02 Å². The highest BCUT2D eigenvalue weighted by Gasteiger charge is 2.79. The van der Waals surface area contributed by atoms with Gasteiger partial charge in [-0.25, -0.2) is 0 Å². The maximum atomic E-state index is 14.1. The fourth-order valence-electron chi connectivity index (χ4n) is 6.84. The molecule has 2 aromatic carbocycles. The lowest BCUT2D eigenvalue weighted by molar-refractivity contribution is -0.144. The maximum absolute atomic E-state index is 14.1. The second kappa shape index (κ2) is 11.0. The van der Waals surface area contributed by atoms with Gasteiger partial charge in [-0.05, 0) is 87.6 Å². The Balaban J connectivity index is 1.47. The Labute approximate surface area is 239 Å². The third-order valence-corrected chi connectivity index (χ3v) is 8.95. The second-order valence-corrected chi connectivity index (χ2v) is 11.5. The van der Waals surface area contributed by atoms with Gasteiger partial charge in [0.05, 0.1) is 24.0 Å². The summed E-state index contributed by atoms with van der Waals surface area (Å²) in [5, 5.41) is 15.8. The van der Waals surface area contributed by atoms with Crippen LogP contribution in [0.15, 0.2) is 48.5 Å². The van der Waals surface area contributed by atoms with Crippen molar-refractivity contribution in [3.05, 3.63) is 53.6 Å². The first-order chi connectivity index (χ1) is 19.1. The number of halogens is 1. The lowest BCUT2D eigenvalue weighted by Crippen LogP contribution is -2.54. The number of rotatable bonds is 10. The third-order valence-electron chi connectivity index (χ3n) is 8.70. The summed E-state index contributed by atoms with van der Waals surface area (Å²) in [6.07, 6.45) is 1.48. The van der Waals surface area contributed by atoms with Crippen LogP contribution in [0.1, 0.15) is 40.0 Å². The number of aliphatic hydroxyl groups is 1. The van der Waals surface area contributed by atoms with Crippen LogP contribution in [0.4, 0.5) is 11.4 Å². The topological polar surface area (TPSA) is 117 Å². The van der Waals surface area contributed by atoms with Gasteiger partial charge in [0, 0.05) is 29.5 Å². The number of hydrogen-bond acceptors (Lipinski definition) is 6. The van der Waals surface area contributed by atoms with Crippen LogP contribution in [0, 0.1) is 17.8 Å². The number of likely N-dealkylation sites (tertiary alicyclic amines) is 1. The standard InChI is InChI=1S/C30H36ClN3O6/c1-4-39-22-13-11-21(12-14-22)32-26(36)23-24-28(38)34(15-5-6-16-35)25(30(24)17-18(2)29(23,3)40-30)27(37)33-20-9-7-19(31)8-10-20/h7-14,18,23-25,35H,4-6,15-17H2,1-3H3,(H,32,36)(H,33,37)/t18?,23-,24+,25?,29+,30?/m1/s1. The summed E-state index contributed by atoms with van der Waals surface area (Å²) in [5.74, 6) is -1.93. The van der Waals surface area contributed by atoms with Crippen LogP contribution < -0.4 is 15.4 Å². The summed E-state index contributed by atoms with van der Waals surface area (Å²) in [6.45, 7) is 6.58. The molecule has 1 spiro atoms. The van der Waals surface area contributed by atoms with Crippen LogP contribution >= 0.6 is 11.6 Å². The second-order valence-electron chi connectivity index (χ2n) is 11.1. The Morgan fingerprint density at radius 2 is 1.70 bits per heavy atom. The van der Waals surface area contributed by atoms with Crippen molar-refractivity contribution in [2.24, 2.45) is 17.8 Å². The molecule has 0 aliphatic carbocycles. The average Bonchev–Trinajstić information content (AvgIpc) is 3.43. The SMILES string of the molecule is CCOc1ccc(NC(=O)[C@H]2[C@H]3C(=O)N(CCCCO)C(C(=O)Nc4ccc(Cl)cc4)C34CC(C)[C@]2(C)O4)cc1. The van der Waals surface area contributed by atoms with Crippen molar-refractivity contribution in [1.29, 1.82) is 0 Å². The molecular formula is C30H36ClN3O6. The van der Waals surface area contributed by atoms with Gasteiger partial charge >= 0.3 is 0 Å². The molecule has 3 aliphatic rings. The minimum atomic E-state index is -1.15. The lowest BCUT2D eigenvalue weighted by atomic mass is 9.62. The number of ether oxygens (including phenoxy) is 2. The number of nitrogens with one attached hydrogen (secondary N) is 2. The predicted molar refractivity (Wildman–Crippen MR) is 151 cm³/mol. The number of aliphatic hydroxyl groups excluding tert-OH is 1. The van der Waals surface area contributed by atoms with Crippen LogP contribution in [-0.4, -0.2) is 64.7 Å². The fourth-order valence-corrected chi connectivity index (χ4v) is 6.96. The van der Waals surface area contributed by atoms with Gasteiger partial charge in [0.25, 0.3) is 0 Å². The van der Waals surface area contributed by atoms with Crippen molar-refractivity contribution in [3.63, 3.8) is 0 Å². The molecule has 0 radical (unpaired) electrons. The van der Waals surface area contributed by atoms with Crippen molar-refractivity contribution >= 4 is 40.7 Å². The van der Waals surface area contributed by atoms with Crippen LogP contribution in [-0.2, 0) is 19.1 Å². The van der Waals surface area contributed by atoms with Gasteiger partial charge in [-0.1, -0.05) is 18.5 Å². The van der Waals surface area contributed by atoms with E-state index in [4.69, 9.17) is 21.1 Å². The van der Waals surface area contributed by atoms with E-state index in [-0.39, 0.29) is 36.8 Å². The summed E-state index contributed by atoms with van der Waals surface area (Å²) >= 11 is 6.02. The average molecular weight is 570 g/mol. The predicted octanol–water partition coefficient (Wildman–Crippen LogP) is 4.10. The van der Waals surface area contributed by atoms with Gasteiger partial charge in [-0.15, -0.1) is 0 Å². The number of unbranched alkanes of at least 4 members (excludes halogenated alkanes) is 1. The monoisotopic (exact) mass is 569 g/mol. The molecule has 214 valence electrons. The highest BCUT2D eigenvalue weighted by Crippen LogP contribution is 2.65. The molecule has 2 bridgehead atoms. The Hall–Kier alpha value is -3.14. The van der Waals surface area contributed by atoms with E-state index in [1.54, 1.807) is 53.4 Å². The quantitative estimate of drug-likeness (QED) is 0.371. The van der Waals surface area contributed by atoms with E-state index in [9.17, 15) is 19.5 Å². The molecule has 40 heavy (non-hydrogen) atoms. The van der Waals surface area contributed by atoms with Gasteiger partial charge in [-0.2, -0.15) is 0 Å². The van der Waals surface area contributed by atoms with Gasteiger partial charge in [0.2, 0.25) is 17.7 Å². The summed E-state index contributed by atoms with van der Waals surface area (Å²) < 4.78 is 12.2. The van der Waals surface area contributed by atoms with Crippen LogP contribution in [0.25, 0.3) is 0 Å². The molecule has 3 unspecified atom stereocenters. The highest BCUT2D eigenvalue weighted by molar-refractivity contribution is 6.30. The Morgan fingerprint density at radius 1 is 1.07 bits per heavy atom. The molecule has 6 atom stereocenters. The maximum Gasteiger partial charge on any atom is 0.250 e. The smallest absolute Gasteiger partial charge is 0.250 e. The molecule has 3 fully saturated rings. The van der Waals surface area contributed by atoms with Crippen molar-refractivity contribution in [3.8, 4) is 5.75 Å². The number of carbonyl (C=O) groups excluding carboxylic acids is 3. The Morgan fingerprint density at radius 3 is 2.33 bits per heavy atom. The third kappa shape index (κ3) is 4.74. The summed E-state index contributed by atoms with van der Waals surface area (Å²) in [4.78, 5) is 43.4. The molecule has 3 N–H and O–H groups in total. The first-order valence-corrected chi connectivity index (χ1v) is 14.2. The molecular weight excluding hydrogens is 534 g/mol. The molecule has 0 saturated carbocycles. The fraction of sp³-hybridized carbons (Fsp3) is 0.500. The molecule has 3 aliphatic heterocycles. The van der Waals surface area contributed by atoms with Crippen molar-refractivity contribution in [2.45, 2.75) is 57.3 Å². The molecule has 3 heterocycles. The number of anilines is 2. The normalized spacial score (nSPS) is 30.3. The Bertz CT molecular complexity index is 1270. The first-order valence-electron chi connectivity index (χ1n) is 13.9. The van der Waals surface area contributed by atoms with E-state index in [0.29, 0.717) is 48.0 Å². The van der Waals surface area contributed by atoms with Gasteiger partial charge in [-0.3, -0.25) is 14.4 Å². The van der Waals surface area contributed by atoms with E-state index < -0.39 is 29.1 Å². The minimum absolute atomic E-state index is 0.0169. The van der Waals surface area contributed by atoms with E-state index in [0.717, 1.165) is 0 Å². The van der Waals surface area contributed by atoms with E-state index >= 15 is 0 Å². The number of fused-ring (bicyclic) bond motifs is 1. The van der Waals surface area contributed by atoms with Crippen molar-refractivity contribution < 1.29 is 29.0 Å². The zero-order valence-electron chi connectivity index (χ0n) is 23.0. The summed E-state index contributed by atoms with van der Waals surface area (Å²) in [7, 11) is 0. The van der Waals surface area contributed by atoms with E-state index in [1.165, 1.54) is 0 Å². The molecule has 0 aromatic heterocycles. The molecule has 9 nitrogen and oxygen atoms in total. The largest absolute Gasteiger partial charge is 0.494 e. The molecule has 2 aromatic rings. The summed E-state index contributed by atoms with van der Waals surface area (Å²) in [5.41, 5.74) is -0.939. The number of carbonyl (C=O) groups is 3. The zero-order valence-corrected chi connectivity index (χ0v) is 23.7. The molecule has 3 amide bonds. The molecule has 3 saturated heterocycles. The number of amides is 3. The van der Waals surface area contributed by atoms with Crippen molar-refractivity contribution in [1.82, 2.24) is 4.90 Å². The number of hydrogen-bond donors (Lipinski definition) is 3. The van der Waals surface area contributed by atoms with Gasteiger partial charge in [0.1, 0.15) is 17.4 Å².